The quantitative estimate of drug-likeness (QED) is 0.531. The number of hydrogen-bond acceptors (Lipinski definition) is 7. The molecule has 0 amide bonds. The fourth-order valence-electron chi connectivity index (χ4n) is 1.52. The van der Waals surface area contributed by atoms with Gasteiger partial charge in [-0.25, -0.2) is 0 Å². The summed E-state index contributed by atoms with van der Waals surface area (Å²) in [4.78, 5) is 2.05. The predicted molar refractivity (Wildman–Crippen MR) is 79.5 cm³/mol. The zero-order valence-electron chi connectivity index (χ0n) is 13.5. The molecule has 0 spiro atoms. The molecule has 0 aliphatic heterocycles. The van der Waals surface area contributed by atoms with Crippen LogP contribution >= 0.6 is 0 Å². The summed E-state index contributed by atoms with van der Waals surface area (Å²) in [5.74, 6) is 0. The van der Waals surface area contributed by atoms with Gasteiger partial charge in [-0.1, -0.05) is 0 Å². The van der Waals surface area contributed by atoms with Crippen molar-refractivity contribution in [1.29, 1.82) is 15.8 Å². The van der Waals surface area contributed by atoms with E-state index in [0.717, 1.165) is 0 Å². The Morgan fingerprint density at radius 3 is 1.18 bits per heavy atom. The van der Waals surface area contributed by atoms with Crippen LogP contribution < -0.4 is 0 Å². The predicted octanol–water partition coefficient (Wildman–Crippen LogP) is 1.07. The summed E-state index contributed by atoms with van der Waals surface area (Å²) < 4.78 is 16.0. The molecule has 0 aliphatic carbocycles. The molecule has 0 heterocycles. The van der Waals surface area contributed by atoms with Crippen LogP contribution in [0.5, 0.6) is 0 Å². The Balaban J connectivity index is 4.11. The Kier molecular flexibility index (Phi) is 12.0. The molecule has 0 aromatic heterocycles. The Hall–Kier alpha value is -1.69. The van der Waals surface area contributed by atoms with Crippen molar-refractivity contribution in [2.24, 2.45) is 0 Å². The normalized spacial score (nSPS) is 14.6. The molecule has 0 fully saturated rings. The second-order valence-corrected chi connectivity index (χ2v) is 4.77. The summed E-state index contributed by atoms with van der Waals surface area (Å²) in [5, 5.41) is 26.0. The third-order valence-corrected chi connectivity index (χ3v) is 2.87. The average molecular weight is 308 g/mol. The first kappa shape index (κ1) is 20.3. The van der Waals surface area contributed by atoms with Crippen LogP contribution in [0.4, 0.5) is 0 Å². The van der Waals surface area contributed by atoms with Crippen molar-refractivity contribution in [2.75, 3.05) is 39.5 Å². The van der Waals surface area contributed by atoms with E-state index in [1.54, 1.807) is 20.8 Å². The molecular weight excluding hydrogens is 284 g/mol. The molecule has 3 unspecified atom stereocenters. The number of nitriles is 3. The Bertz CT molecular complexity index is 349. The molecule has 0 radical (unpaired) electrons. The fraction of sp³-hybridized carbons (Fsp3) is 0.800. The van der Waals surface area contributed by atoms with Crippen LogP contribution in [0, 0.1) is 34.0 Å². The standard InChI is InChI=1S/C15H24N4O3/c1-13(10-16)20-7-4-19(5-8-21-14(2)11-17)6-9-22-15(3)12-18/h13-15H,4-9H2,1-3H3. The molecule has 22 heavy (non-hydrogen) atoms. The van der Waals surface area contributed by atoms with Crippen LogP contribution in [0.25, 0.3) is 0 Å². The molecule has 0 aromatic carbocycles. The van der Waals surface area contributed by atoms with E-state index in [1.807, 2.05) is 18.2 Å². The summed E-state index contributed by atoms with van der Waals surface area (Å²) in [6.07, 6.45) is -1.32. The maximum absolute atomic E-state index is 8.67. The maximum atomic E-state index is 8.67. The highest BCUT2D eigenvalue weighted by atomic mass is 16.5. The summed E-state index contributed by atoms with van der Waals surface area (Å²) in [7, 11) is 0. The molecule has 7 heteroatoms. The van der Waals surface area contributed by atoms with Crippen LogP contribution in [0.1, 0.15) is 20.8 Å². The van der Waals surface area contributed by atoms with Crippen molar-refractivity contribution in [1.82, 2.24) is 4.90 Å². The topological polar surface area (TPSA) is 102 Å². The molecule has 3 atom stereocenters. The van der Waals surface area contributed by atoms with Gasteiger partial charge in [0.05, 0.1) is 38.0 Å². The van der Waals surface area contributed by atoms with Gasteiger partial charge in [0.2, 0.25) is 0 Å². The molecule has 0 N–H and O–H groups in total. The van der Waals surface area contributed by atoms with Crippen LogP contribution in [-0.2, 0) is 14.2 Å². The molecule has 0 bridgehead atoms. The third kappa shape index (κ3) is 11.0. The van der Waals surface area contributed by atoms with Gasteiger partial charge in [-0.05, 0) is 20.8 Å². The van der Waals surface area contributed by atoms with Crippen molar-refractivity contribution in [3.63, 3.8) is 0 Å². The third-order valence-electron chi connectivity index (χ3n) is 2.87. The maximum Gasteiger partial charge on any atom is 0.141 e. The summed E-state index contributed by atoms with van der Waals surface area (Å²) in [6, 6.07) is 6.02. The van der Waals surface area contributed by atoms with Crippen molar-refractivity contribution in [3.05, 3.63) is 0 Å². The van der Waals surface area contributed by atoms with Crippen LogP contribution in [0.2, 0.25) is 0 Å². The smallest absolute Gasteiger partial charge is 0.141 e. The minimum Gasteiger partial charge on any atom is -0.362 e. The van der Waals surface area contributed by atoms with Crippen molar-refractivity contribution < 1.29 is 14.2 Å². The highest BCUT2D eigenvalue weighted by Crippen LogP contribution is 1.96. The van der Waals surface area contributed by atoms with E-state index >= 15 is 0 Å². The second kappa shape index (κ2) is 13.0. The highest BCUT2D eigenvalue weighted by molar-refractivity contribution is 4.80. The molecule has 0 saturated carbocycles. The lowest BCUT2D eigenvalue weighted by atomic mass is 10.4. The Morgan fingerprint density at radius 1 is 0.682 bits per heavy atom. The molecule has 122 valence electrons. The summed E-state index contributed by atoms with van der Waals surface area (Å²) >= 11 is 0. The lowest BCUT2D eigenvalue weighted by Crippen LogP contribution is -2.35. The van der Waals surface area contributed by atoms with Gasteiger partial charge in [-0.15, -0.1) is 0 Å². The lowest BCUT2D eigenvalue weighted by Gasteiger charge is -2.23. The van der Waals surface area contributed by atoms with E-state index in [1.165, 1.54) is 0 Å². The Labute approximate surface area is 132 Å². The highest BCUT2D eigenvalue weighted by Gasteiger charge is 2.09. The zero-order valence-corrected chi connectivity index (χ0v) is 13.5. The fourth-order valence-corrected chi connectivity index (χ4v) is 1.52. The first-order valence-electron chi connectivity index (χ1n) is 7.29. The first-order valence-corrected chi connectivity index (χ1v) is 7.29. The van der Waals surface area contributed by atoms with E-state index in [-0.39, 0.29) is 0 Å². The molecular formula is C15H24N4O3. The SMILES string of the molecule is CC(C#N)OCCN(CCOC(C)C#N)CCOC(C)C#N. The van der Waals surface area contributed by atoms with Crippen molar-refractivity contribution in [3.8, 4) is 18.2 Å². The van der Waals surface area contributed by atoms with Crippen LogP contribution in [0.15, 0.2) is 0 Å². The van der Waals surface area contributed by atoms with Gasteiger partial charge < -0.3 is 14.2 Å². The van der Waals surface area contributed by atoms with E-state index in [9.17, 15) is 0 Å². The summed E-state index contributed by atoms with van der Waals surface area (Å²) in [6.45, 7) is 8.24. The van der Waals surface area contributed by atoms with Gasteiger partial charge in [-0.3, -0.25) is 4.90 Å². The number of rotatable bonds is 12. The van der Waals surface area contributed by atoms with E-state index in [2.05, 4.69) is 4.90 Å². The minimum absolute atomic E-state index is 0.427. The van der Waals surface area contributed by atoms with Crippen LogP contribution in [0.3, 0.4) is 0 Å². The second-order valence-electron chi connectivity index (χ2n) is 4.77. The minimum atomic E-state index is -0.438. The van der Waals surface area contributed by atoms with Crippen molar-refractivity contribution >= 4 is 0 Å². The van der Waals surface area contributed by atoms with Gasteiger partial charge in [-0.2, -0.15) is 15.8 Å². The average Bonchev–Trinajstić information content (AvgIpc) is 2.53. The van der Waals surface area contributed by atoms with Crippen LogP contribution in [-0.4, -0.2) is 62.7 Å². The molecule has 0 saturated heterocycles. The molecule has 0 rings (SSSR count). The van der Waals surface area contributed by atoms with Gasteiger partial charge in [0.15, 0.2) is 0 Å². The largest absolute Gasteiger partial charge is 0.362 e. The van der Waals surface area contributed by atoms with E-state index in [4.69, 9.17) is 30.0 Å². The molecule has 7 nitrogen and oxygen atoms in total. The monoisotopic (exact) mass is 308 g/mol. The molecule has 0 aliphatic rings. The number of ether oxygens (including phenoxy) is 3. The zero-order chi connectivity index (χ0) is 16.8. The lowest BCUT2D eigenvalue weighted by molar-refractivity contribution is 0.0312. The van der Waals surface area contributed by atoms with Gasteiger partial charge >= 0.3 is 0 Å². The first-order chi connectivity index (χ1) is 10.5. The number of hydrogen-bond donors (Lipinski definition) is 0. The van der Waals surface area contributed by atoms with E-state index < -0.39 is 18.3 Å². The van der Waals surface area contributed by atoms with Gasteiger partial charge in [0.25, 0.3) is 0 Å². The molecule has 0 aromatic rings. The van der Waals surface area contributed by atoms with E-state index in [0.29, 0.717) is 39.5 Å². The summed E-state index contributed by atoms with van der Waals surface area (Å²) in [5.41, 5.74) is 0. The van der Waals surface area contributed by atoms with Crippen molar-refractivity contribution in [2.45, 2.75) is 39.1 Å². The Morgan fingerprint density at radius 2 is 0.955 bits per heavy atom. The van der Waals surface area contributed by atoms with Gasteiger partial charge in [0, 0.05) is 19.6 Å². The van der Waals surface area contributed by atoms with Gasteiger partial charge in [0.1, 0.15) is 18.3 Å². The number of nitrogens with zero attached hydrogens (tertiary/aromatic N) is 4.